The summed E-state index contributed by atoms with van der Waals surface area (Å²) in [6.07, 6.45) is 1.76. The zero-order valence-corrected chi connectivity index (χ0v) is 16.1. The number of aromatic amines is 1. The standard InChI is InChI=1S/C21H24N6O/c1-13-9-15(10-16(12-23-2)19(13)22)14-3-4-17-18(11-14)25-21(26-20(17)28)27-7-5-24-6-8-27/h3-4,9-12,24H,5-8,22H2,1-2H3,(H,25,26,28). The van der Waals surface area contributed by atoms with Gasteiger partial charge >= 0.3 is 0 Å². The minimum absolute atomic E-state index is 0.114. The maximum absolute atomic E-state index is 12.6. The van der Waals surface area contributed by atoms with E-state index in [4.69, 9.17) is 10.7 Å². The van der Waals surface area contributed by atoms with Crippen LogP contribution in [0.1, 0.15) is 11.1 Å². The molecule has 28 heavy (non-hydrogen) atoms. The van der Waals surface area contributed by atoms with E-state index < -0.39 is 0 Å². The number of fused-ring (bicyclic) bond motifs is 1. The average Bonchev–Trinajstić information content (AvgIpc) is 2.71. The summed E-state index contributed by atoms with van der Waals surface area (Å²) in [6, 6.07) is 9.81. The Balaban J connectivity index is 1.82. The minimum atomic E-state index is -0.114. The van der Waals surface area contributed by atoms with Gasteiger partial charge in [0.25, 0.3) is 5.56 Å². The predicted octanol–water partition coefficient (Wildman–Crippen LogP) is 1.94. The zero-order chi connectivity index (χ0) is 19.7. The van der Waals surface area contributed by atoms with Crippen LogP contribution in [0.4, 0.5) is 11.6 Å². The van der Waals surface area contributed by atoms with Gasteiger partial charge in [0.2, 0.25) is 5.95 Å². The highest BCUT2D eigenvalue weighted by Crippen LogP contribution is 2.28. The van der Waals surface area contributed by atoms with E-state index >= 15 is 0 Å². The third-order valence-corrected chi connectivity index (χ3v) is 5.13. The fourth-order valence-corrected chi connectivity index (χ4v) is 3.57. The third-order valence-electron chi connectivity index (χ3n) is 5.13. The summed E-state index contributed by atoms with van der Waals surface area (Å²) in [4.78, 5) is 26.4. The van der Waals surface area contributed by atoms with Crippen molar-refractivity contribution in [2.75, 3.05) is 43.9 Å². The van der Waals surface area contributed by atoms with Crippen molar-refractivity contribution in [2.45, 2.75) is 6.92 Å². The molecule has 4 rings (SSSR count). The van der Waals surface area contributed by atoms with Crippen LogP contribution in [-0.2, 0) is 0 Å². The highest BCUT2D eigenvalue weighted by atomic mass is 16.1. The Morgan fingerprint density at radius 1 is 1.18 bits per heavy atom. The monoisotopic (exact) mass is 376 g/mol. The molecule has 4 N–H and O–H groups in total. The maximum Gasteiger partial charge on any atom is 0.260 e. The van der Waals surface area contributed by atoms with Crippen molar-refractivity contribution in [3.05, 3.63) is 51.8 Å². The molecule has 3 aromatic rings. The minimum Gasteiger partial charge on any atom is -0.398 e. The van der Waals surface area contributed by atoms with Crippen LogP contribution in [0.15, 0.2) is 40.1 Å². The molecule has 1 saturated heterocycles. The number of aliphatic imine (C=N–C) groups is 1. The van der Waals surface area contributed by atoms with Gasteiger partial charge in [-0.25, -0.2) is 4.98 Å². The Hall–Kier alpha value is -3.19. The van der Waals surface area contributed by atoms with E-state index in [0.717, 1.165) is 54.1 Å². The molecular formula is C21H24N6O. The van der Waals surface area contributed by atoms with Crippen LogP contribution in [0.5, 0.6) is 0 Å². The Morgan fingerprint density at radius 3 is 2.71 bits per heavy atom. The Bertz CT molecular complexity index is 1110. The first kappa shape index (κ1) is 18.2. The van der Waals surface area contributed by atoms with E-state index in [0.29, 0.717) is 16.9 Å². The van der Waals surface area contributed by atoms with Crippen LogP contribution >= 0.6 is 0 Å². The Morgan fingerprint density at radius 2 is 1.96 bits per heavy atom. The van der Waals surface area contributed by atoms with E-state index in [9.17, 15) is 4.79 Å². The van der Waals surface area contributed by atoms with Gasteiger partial charge in [-0.15, -0.1) is 0 Å². The molecule has 2 heterocycles. The second-order valence-electron chi connectivity index (χ2n) is 7.04. The number of anilines is 2. The summed E-state index contributed by atoms with van der Waals surface area (Å²) in [5.74, 6) is 0.628. The maximum atomic E-state index is 12.6. The summed E-state index contributed by atoms with van der Waals surface area (Å²) in [5, 5.41) is 3.90. The number of H-pyrrole nitrogens is 1. The summed E-state index contributed by atoms with van der Waals surface area (Å²) in [6.45, 7) is 5.40. The Kier molecular flexibility index (Phi) is 4.83. The van der Waals surface area contributed by atoms with E-state index in [2.05, 4.69) is 20.2 Å². The first-order valence-electron chi connectivity index (χ1n) is 9.39. The molecule has 2 aromatic carbocycles. The topological polar surface area (TPSA) is 99.4 Å². The smallest absolute Gasteiger partial charge is 0.260 e. The van der Waals surface area contributed by atoms with Crippen LogP contribution in [0, 0.1) is 6.92 Å². The van der Waals surface area contributed by atoms with Crippen molar-refractivity contribution in [1.82, 2.24) is 15.3 Å². The number of hydrogen-bond donors (Lipinski definition) is 3. The summed E-state index contributed by atoms with van der Waals surface area (Å²) < 4.78 is 0. The van der Waals surface area contributed by atoms with Gasteiger partial charge in [0.15, 0.2) is 0 Å². The van der Waals surface area contributed by atoms with Gasteiger partial charge in [-0.3, -0.25) is 14.8 Å². The van der Waals surface area contributed by atoms with Crippen LogP contribution in [0.3, 0.4) is 0 Å². The van der Waals surface area contributed by atoms with Crippen LogP contribution in [-0.4, -0.2) is 49.4 Å². The second-order valence-corrected chi connectivity index (χ2v) is 7.04. The number of hydrogen-bond acceptors (Lipinski definition) is 6. The molecular weight excluding hydrogens is 352 g/mol. The molecule has 0 atom stereocenters. The quantitative estimate of drug-likeness (QED) is 0.479. The molecule has 0 saturated carbocycles. The number of aryl methyl sites for hydroxylation is 1. The molecule has 7 heteroatoms. The van der Waals surface area contributed by atoms with E-state index in [1.165, 1.54) is 0 Å². The number of rotatable bonds is 3. The van der Waals surface area contributed by atoms with E-state index in [1.807, 2.05) is 37.3 Å². The normalized spacial score (nSPS) is 14.9. The lowest BCUT2D eigenvalue weighted by molar-refractivity contribution is 0.580. The van der Waals surface area contributed by atoms with Gasteiger partial charge < -0.3 is 16.0 Å². The molecule has 0 amide bonds. The molecule has 0 bridgehead atoms. The summed E-state index contributed by atoms with van der Waals surface area (Å²) in [7, 11) is 1.73. The number of benzene rings is 2. The number of nitrogens with zero attached hydrogens (tertiary/aromatic N) is 3. The van der Waals surface area contributed by atoms with Crippen LogP contribution in [0.2, 0.25) is 0 Å². The lowest BCUT2D eigenvalue weighted by Gasteiger charge is -2.27. The van der Waals surface area contributed by atoms with Crippen molar-refractivity contribution in [3.8, 4) is 11.1 Å². The van der Waals surface area contributed by atoms with Crippen molar-refractivity contribution in [2.24, 2.45) is 4.99 Å². The molecule has 7 nitrogen and oxygen atoms in total. The molecule has 0 unspecified atom stereocenters. The van der Waals surface area contributed by atoms with Crippen molar-refractivity contribution < 1.29 is 0 Å². The highest BCUT2D eigenvalue weighted by molar-refractivity contribution is 5.92. The number of nitrogen functional groups attached to an aromatic ring is 1. The van der Waals surface area contributed by atoms with Gasteiger partial charge in [-0.2, -0.15) is 0 Å². The summed E-state index contributed by atoms with van der Waals surface area (Å²) >= 11 is 0. The van der Waals surface area contributed by atoms with Crippen molar-refractivity contribution in [1.29, 1.82) is 0 Å². The second kappa shape index (κ2) is 7.44. The van der Waals surface area contributed by atoms with Gasteiger partial charge in [0.1, 0.15) is 0 Å². The molecule has 1 aromatic heterocycles. The number of nitrogens with one attached hydrogen (secondary N) is 2. The first-order valence-corrected chi connectivity index (χ1v) is 9.39. The van der Waals surface area contributed by atoms with E-state index in [-0.39, 0.29) is 5.56 Å². The average molecular weight is 376 g/mol. The molecule has 0 aliphatic carbocycles. The zero-order valence-electron chi connectivity index (χ0n) is 16.1. The number of nitrogens with two attached hydrogens (primary N) is 1. The van der Waals surface area contributed by atoms with Gasteiger partial charge in [-0.05, 0) is 47.9 Å². The molecule has 144 valence electrons. The lowest BCUT2D eigenvalue weighted by atomic mass is 9.98. The molecule has 1 fully saturated rings. The molecule has 0 spiro atoms. The third kappa shape index (κ3) is 3.36. The molecule has 1 aliphatic rings. The lowest BCUT2D eigenvalue weighted by Crippen LogP contribution is -2.44. The highest BCUT2D eigenvalue weighted by Gasteiger charge is 2.15. The van der Waals surface area contributed by atoms with Crippen molar-refractivity contribution >= 4 is 28.8 Å². The first-order chi connectivity index (χ1) is 13.6. The summed E-state index contributed by atoms with van der Waals surface area (Å²) in [5.41, 5.74) is 11.4. The Labute approximate surface area is 163 Å². The van der Waals surface area contributed by atoms with Crippen molar-refractivity contribution in [3.63, 3.8) is 0 Å². The molecule has 1 aliphatic heterocycles. The van der Waals surface area contributed by atoms with Gasteiger partial charge in [0.05, 0.1) is 10.9 Å². The molecule has 0 radical (unpaired) electrons. The van der Waals surface area contributed by atoms with Gasteiger partial charge in [0, 0.05) is 50.7 Å². The van der Waals surface area contributed by atoms with Gasteiger partial charge in [-0.1, -0.05) is 6.07 Å². The van der Waals surface area contributed by atoms with E-state index in [1.54, 1.807) is 13.3 Å². The SMILES string of the molecule is CN=Cc1cc(-c2ccc3c(=O)[nH]c(N4CCNCC4)nc3c2)cc(C)c1N. The van der Waals surface area contributed by atoms with Crippen LogP contribution < -0.4 is 21.5 Å². The number of piperazine rings is 1. The fraction of sp³-hybridized carbons (Fsp3) is 0.286. The fourth-order valence-electron chi connectivity index (χ4n) is 3.57. The van der Waals surface area contributed by atoms with Crippen LogP contribution in [0.25, 0.3) is 22.0 Å². The predicted molar refractivity (Wildman–Crippen MR) is 116 cm³/mol. The number of aromatic nitrogens is 2. The largest absolute Gasteiger partial charge is 0.398 e.